The number of aliphatic hydroxyl groups excluding tert-OH is 3. The van der Waals surface area contributed by atoms with E-state index in [0.29, 0.717) is 12.2 Å². The average Bonchev–Trinajstić information content (AvgIpc) is 4.05. The van der Waals surface area contributed by atoms with Crippen molar-refractivity contribution in [3.8, 4) is 33.8 Å². The largest absolute Gasteiger partial charge is 0.508 e. The molecule has 0 bridgehead atoms. The monoisotopic (exact) mass is 1190 g/mol. The molecule has 4 aromatic carbocycles. The Morgan fingerprint density at radius 2 is 1.21 bits per heavy atom. The molecule has 2 saturated heterocycles. The van der Waals surface area contributed by atoms with Crippen molar-refractivity contribution >= 4 is 47.3 Å². The molecule has 0 radical (unpaired) electrons. The maximum atomic E-state index is 14.6. The summed E-state index contributed by atoms with van der Waals surface area (Å²) in [5.41, 5.74) is 16.1. The fourth-order valence-electron chi connectivity index (χ4n) is 10.7. The summed E-state index contributed by atoms with van der Waals surface area (Å²) in [5.74, 6) is -5.70. The van der Waals surface area contributed by atoms with Gasteiger partial charge in [-0.05, 0) is 123 Å². The molecule has 7 rings (SSSR count). The van der Waals surface area contributed by atoms with Gasteiger partial charge in [0.05, 0.1) is 24.9 Å². The first kappa shape index (κ1) is 65.3. The van der Waals surface area contributed by atoms with Crippen molar-refractivity contribution in [2.24, 2.45) is 11.5 Å². The standard InChI is InChI=1S/C63H82N10O13/c1-3-4-7-33-86-48-27-23-43(24-28-48)41-17-15-40(16-18-41)42-19-21-44(22-20-42)56(78)67-50-10-6-5-9-49(57(79)66-32-31-65)68-60(82)53-34-46(76)36-72(53)62(84)52(11-8-30-64)70-58(80)51(29-14-39-12-25-45(75)26-13-39)69-61(83)54-35-47(77)37-73(54)63(85)55(38(2)74)71-59(50)81/h5-6,12-13,15-28,38,46-47,49-55,74-77H,3-4,7-11,14,29-37,64-65H2,1-2H3,(H,66,79)(H,67,78)(H,68,82)(H,69,83)(H,70,80)(H,71,81)/b6-5-/t38-,46-,47-,49+,50+,51+,52+,53+,54+,55+/m1/s1. The molecule has 0 saturated carbocycles. The van der Waals surface area contributed by atoms with Gasteiger partial charge in [0.15, 0.2) is 0 Å². The molecule has 0 unspecified atom stereocenters. The molecular weight excluding hydrogens is 1100 g/mol. The number of rotatable bonds is 19. The number of phenols is 1. The number of hydrogen-bond donors (Lipinski definition) is 12. The highest BCUT2D eigenvalue weighted by Crippen LogP contribution is 2.28. The summed E-state index contributed by atoms with van der Waals surface area (Å²) in [7, 11) is 0. The number of nitrogens with one attached hydrogen (secondary N) is 6. The van der Waals surface area contributed by atoms with E-state index in [1.54, 1.807) is 36.4 Å². The van der Waals surface area contributed by atoms with Crippen LogP contribution in [0.5, 0.6) is 11.5 Å². The van der Waals surface area contributed by atoms with E-state index in [-0.39, 0.29) is 88.9 Å². The first-order valence-electron chi connectivity index (χ1n) is 29.6. The lowest BCUT2D eigenvalue weighted by Crippen LogP contribution is -2.61. The van der Waals surface area contributed by atoms with E-state index in [1.165, 1.54) is 31.2 Å². The van der Waals surface area contributed by atoms with Gasteiger partial charge in [0, 0.05) is 44.6 Å². The Labute approximate surface area is 500 Å². The van der Waals surface area contributed by atoms with Crippen molar-refractivity contribution in [1.29, 1.82) is 0 Å². The lowest BCUT2D eigenvalue weighted by atomic mass is 9.99. The smallest absolute Gasteiger partial charge is 0.251 e. The van der Waals surface area contributed by atoms with Crippen LogP contribution in [0, 0.1) is 0 Å². The van der Waals surface area contributed by atoms with Crippen molar-refractivity contribution in [2.45, 2.75) is 145 Å². The Morgan fingerprint density at radius 3 is 1.79 bits per heavy atom. The van der Waals surface area contributed by atoms with E-state index in [1.807, 2.05) is 48.5 Å². The average molecular weight is 1190 g/mol. The lowest BCUT2D eigenvalue weighted by Gasteiger charge is -2.32. The fraction of sp³-hybridized carbons (Fsp3) is 0.460. The third kappa shape index (κ3) is 17.9. The second-order valence-corrected chi connectivity index (χ2v) is 22.1. The number of aromatic hydroxyl groups is 1. The number of benzene rings is 4. The van der Waals surface area contributed by atoms with Gasteiger partial charge in [-0.15, -0.1) is 0 Å². The maximum Gasteiger partial charge on any atom is 0.251 e. The van der Waals surface area contributed by atoms with Crippen LogP contribution in [-0.4, -0.2) is 177 Å². The number of hydrogen-bond acceptors (Lipinski definition) is 15. The van der Waals surface area contributed by atoms with Gasteiger partial charge in [-0.3, -0.25) is 38.4 Å². The minimum absolute atomic E-state index is 0.00929. The number of phenolic OH excluding ortho intramolecular Hbond substituents is 1. The molecule has 23 nitrogen and oxygen atoms in total. The zero-order valence-corrected chi connectivity index (χ0v) is 48.7. The molecule has 4 aromatic rings. The van der Waals surface area contributed by atoms with Crippen molar-refractivity contribution in [3.05, 3.63) is 120 Å². The van der Waals surface area contributed by atoms with Crippen LogP contribution >= 0.6 is 0 Å². The van der Waals surface area contributed by atoms with Crippen LogP contribution < -0.4 is 48.1 Å². The van der Waals surface area contributed by atoms with Crippen molar-refractivity contribution in [3.63, 3.8) is 0 Å². The third-order valence-electron chi connectivity index (χ3n) is 15.6. The zero-order valence-electron chi connectivity index (χ0n) is 48.7. The molecule has 86 heavy (non-hydrogen) atoms. The Morgan fingerprint density at radius 1 is 0.651 bits per heavy atom. The van der Waals surface area contributed by atoms with Crippen LogP contribution in [-0.2, 0) is 40.0 Å². The molecular formula is C63H82N10O13. The third-order valence-corrected chi connectivity index (χ3v) is 15.6. The van der Waals surface area contributed by atoms with Crippen LogP contribution in [0.15, 0.2) is 109 Å². The summed E-state index contributed by atoms with van der Waals surface area (Å²) in [5, 5.41) is 59.1. The van der Waals surface area contributed by atoms with Crippen molar-refractivity contribution in [2.75, 3.05) is 39.3 Å². The van der Waals surface area contributed by atoms with Gasteiger partial charge in [0.2, 0.25) is 41.4 Å². The van der Waals surface area contributed by atoms with E-state index in [9.17, 15) is 58.8 Å². The lowest BCUT2D eigenvalue weighted by molar-refractivity contribution is -0.145. The number of carbonyl (C=O) groups excluding carboxylic acids is 8. The summed E-state index contributed by atoms with van der Waals surface area (Å²) in [6, 6.07) is 18.6. The van der Waals surface area contributed by atoms with Crippen LogP contribution in [0.1, 0.15) is 94.0 Å². The van der Waals surface area contributed by atoms with E-state index in [0.717, 1.165) is 57.1 Å². The number of ether oxygens (including phenoxy) is 1. The van der Waals surface area contributed by atoms with E-state index in [2.05, 4.69) is 38.8 Å². The molecule has 0 aliphatic carbocycles. The van der Waals surface area contributed by atoms with E-state index < -0.39 is 114 Å². The van der Waals surface area contributed by atoms with Gasteiger partial charge >= 0.3 is 0 Å². The predicted octanol–water partition coefficient (Wildman–Crippen LogP) is 1.43. The number of unbranched alkanes of at least 4 members (excludes halogenated alkanes) is 2. The summed E-state index contributed by atoms with van der Waals surface area (Å²) >= 11 is 0. The van der Waals surface area contributed by atoms with Gasteiger partial charge in [-0.25, -0.2) is 0 Å². The van der Waals surface area contributed by atoms with Crippen molar-refractivity contribution < 1.29 is 63.5 Å². The SMILES string of the molecule is CCCCCOc1ccc(-c2ccc(-c3ccc(C(=O)N[C@H]4C/C=C\C[C@@H](C(=O)NCCN)NC(=O)[C@@H]5C[C@@H](O)CN5C(=O)[C@H](CCCN)NC(=O)[C@H](CCc5ccc(O)cc5)NC(=O)[C@@H]5C[C@@H](O)CN5C(=O)[C@H]([C@@H](C)O)NC4=O)cc3)cc2)cc1. The van der Waals surface area contributed by atoms with Crippen molar-refractivity contribution in [1.82, 2.24) is 41.7 Å². The minimum atomic E-state index is -1.74. The number of amides is 8. The quantitative estimate of drug-likeness (QED) is 0.0467. The molecule has 462 valence electrons. The van der Waals surface area contributed by atoms with Gasteiger partial charge in [0.1, 0.15) is 53.8 Å². The normalized spacial score (nSPS) is 24.3. The molecule has 10 atom stereocenters. The molecule has 14 N–H and O–H groups in total. The molecule has 0 aromatic heterocycles. The second kappa shape index (κ2) is 31.8. The first-order chi connectivity index (χ1) is 41.4. The number of nitrogens with zero attached hydrogens (tertiary/aromatic N) is 2. The summed E-state index contributed by atoms with van der Waals surface area (Å²) < 4.78 is 5.87. The molecule has 2 fully saturated rings. The van der Waals surface area contributed by atoms with E-state index in [4.69, 9.17) is 16.2 Å². The summed E-state index contributed by atoms with van der Waals surface area (Å²) in [6.45, 7) is 3.53. The Balaban J connectivity index is 1.17. The minimum Gasteiger partial charge on any atom is -0.508 e. The maximum absolute atomic E-state index is 14.6. The molecule has 8 amide bonds. The van der Waals surface area contributed by atoms with E-state index >= 15 is 0 Å². The summed E-state index contributed by atoms with van der Waals surface area (Å²) in [4.78, 5) is 117. The zero-order chi connectivity index (χ0) is 61.9. The molecule has 0 spiro atoms. The van der Waals surface area contributed by atoms with Gasteiger partial charge in [-0.1, -0.05) is 92.6 Å². The Kier molecular flexibility index (Phi) is 24.1. The highest BCUT2D eigenvalue weighted by atomic mass is 16.5. The number of aryl methyl sites for hydroxylation is 1. The Hall–Kier alpha value is -8.22. The van der Waals surface area contributed by atoms with Crippen LogP contribution in [0.3, 0.4) is 0 Å². The number of fused-ring (bicyclic) bond motifs is 2. The predicted molar refractivity (Wildman–Crippen MR) is 320 cm³/mol. The van der Waals surface area contributed by atoms with Gasteiger partial charge < -0.3 is 78.3 Å². The molecule has 3 heterocycles. The summed E-state index contributed by atoms with van der Waals surface area (Å²) in [6.07, 6.45) is 1.47. The van der Waals surface area contributed by atoms with Crippen LogP contribution in [0.25, 0.3) is 22.3 Å². The Bertz CT molecular complexity index is 2980. The fourth-order valence-corrected chi connectivity index (χ4v) is 10.7. The topological polar surface area (TPSA) is 357 Å². The van der Waals surface area contributed by atoms with Gasteiger partial charge in [-0.2, -0.15) is 0 Å². The number of carbonyl (C=O) groups is 8. The highest BCUT2D eigenvalue weighted by molar-refractivity contribution is 6.00. The molecule has 3 aliphatic rings. The second-order valence-electron chi connectivity index (χ2n) is 22.1. The number of nitrogens with two attached hydrogens (primary N) is 2. The molecule has 23 heteroatoms. The van der Waals surface area contributed by atoms with Crippen LogP contribution in [0.2, 0.25) is 0 Å². The van der Waals surface area contributed by atoms with Crippen LogP contribution in [0.4, 0.5) is 0 Å². The van der Waals surface area contributed by atoms with Gasteiger partial charge in [0.25, 0.3) is 5.91 Å². The first-order valence-corrected chi connectivity index (χ1v) is 29.6. The molecule has 3 aliphatic heterocycles. The number of aliphatic hydroxyl groups is 3. The highest BCUT2D eigenvalue weighted by Gasteiger charge is 2.46.